The van der Waals surface area contributed by atoms with Crippen molar-refractivity contribution in [1.29, 1.82) is 0 Å². The number of fused-ring (bicyclic) bond motifs is 1. The van der Waals surface area contributed by atoms with Gasteiger partial charge in [0.1, 0.15) is 5.75 Å². The Hall–Kier alpha value is -4.37. The summed E-state index contributed by atoms with van der Waals surface area (Å²) in [5, 5.41) is 5.18. The molecule has 1 heterocycles. The molecule has 3 aromatic carbocycles. The molecule has 0 radical (unpaired) electrons. The molecular weight excluding hydrogens is 532 g/mol. The van der Waals surface area contributed by atoms with Gasteiger partial charge in [-0.1, -0.05) is 37.6 Å². The molecule has 208 valence electrons. The first-order valence-electron chi connectivity index (χ1n) is 12.8. The standard InChI is InChI=1S/C30H31ClN4O5/c1-6-39-25-11-18(4)22(14-21(25)17(2)3)29-34-24-10-8-7-9-20(24)30(37)35(29)33-15-19-12-23(31)28(26(13-19)38-5)40-16-27(32)36/h7-15,17H,6,16H2,1-5H3,(H2,32,36). The summed E-state index contributed by atoms with van der Waals surface area (Å²) >= 11 is 6.41. The summed E-state index contributed by atoms with van der Waals surface area (Å²) in [6.07, 6.45) is 1.49. The molecule has 0 saturated heterocycles. The van der Waals surface area contributed by atoms with Crippen LogP contribution in [0.5, 0.6) is 17.2 Å². The number of hydrogen-bond donors (Lipinski definition) is 1. The number of amides is 1. The Labute approximate surface area is 237 Å². The molecular formula is C30H31ClN4O5. The zero-order chi connectivity index (χ0) is 29.0. The number of para-hydroxylation sites is 1. The summed E-state index contributed by atoms with van der Waals surface area (Å²) in [4.78, 5) is 29.7. The second-order valence-electron chi connectivity index (χ2n) is 9.40. The van der Waals surface area contributed by atoms with Crippen molar-refractivity contribution >= 4 is 34.6 Å². The molecule has 4 rings (SSSR count). The summed E-state index contributed by atoms with van der Waals surface area (Å²) in [5.74, 6) is 1.18. The highest BCUT2D eigenvalue weighted by molar-refractivity contribution is 6.32. The highest BCUT2D eigenvalue weighted by atomic mass is 35.5. The van der Waals surface area contributed by atoms with E-state index < -0.39 is 5.91 Å². The minimum atomic E-state index is -0.648. The van der Waals surface area contributed by atoms with Crippen molar-refractivity contribution < 1.29 is 19.0 Å². The van der Waals surface area contributed by atoms with E-state index in [0.717, 1.165) is 22.4 Å². The smallest absolute Gasteiger partial charge is 0.282 e. The fraction of sp³-hybridized carbons (Fsp3) is 0.267. The van der Waals surface area contributed by atoms with Crippen molar-refractivity contribution in [2.75, 3.05) is 20.3 Å². The van der Waals surface area contributed by atoms with Crippen LogP contribution < -0.4 is 25.5 Å². The summed E-state index contributed by atoms with van der Waals surface area (Å²) in [6, 6.07) is 14.3. The average molecular weight is 563 g/mol. The SMILES string of the molecule is CCOc1cc(C)c(-c2nc3ccccc3c(=O)n2N=Cc2cc(Cl)c(OCC(N)=O)c(OC)c2)cc1C(C)C. The zero-order valence-electron chi connectivity index (χ0n) is 23.0. The van der Waals surface area contributed by atoms with Crippen LogP contribution in [0.1, 0.15) is 43.4 Å². The summed E-state index contributed by atoms with van der Waals surface area (Å²) in [6.45, 7) is 8.26. The maximum absolute atomic E-state index is 13.7. The van der Waals surface area contributed by atoms with Gasteiger partial charge in [-0.3, -0.25) is 9.59 Å². The summed E-state index contributed by atoms with van der Waals surface area (Å²) in [7, 11) is 1.45. The fourth-order valence-corrected chi connectivity index (χ4v) is 4.57. The van der Waals surface area contributed by atoms with Crippen molar-refractivity contribution in [3.8, 4) is 28.6 Å². The normalized spacial score (nSPS) is 11.4. The van der Waals surface area contributed by atoms with E-state index >= 15 is 0 Å². The van der Waals surface area contributed by atoms with Crippen LogP contribution in [-0.2, 0) is 4.79 Å². The third-order valence-corrected chi connectivity index (χ3v) is 6.49. The van der Waals surface area contributed by atoms with Gasteiger partial charge in [-0.05, 0) is 72.9 Å². The Morgan fingerprint density at radius 2 is 1.90 bits per heavy atom. The van der Waals surface area contributed by atoms with E-state index in [1.165, 1.54) is 18.0 Å². The number of aryl methyl sites for hydroxylation is 1. The molecule has 40 heavy (non-hydrogen) atoms. The van der Waals surface area contributed by atoms with Crippen LogP contribution in [0.2, 0.25) is 5.02 Å². The number of hydrogen-bond acceptors (Lipinski definition) is 7. The maximum atomic E-state index is 13.7. The van der Waals surface area contributed by atoms with E-state index in [2.05, 4.69) is 18.9 Å². The van der Waals surface area contributed by atoms with E-state index in [0.29, 0.717) is 28.9 Å². The van der Waals surface area contributed by atoms with Crippen molar-refractivity contribution in [2.45, 2.75) is 33.6 Å². The van der Waals surface area contributed by atoms with Crippen LogP contribution in [0.3, 0.4) is 0 Å². The van der Waals surface area contributed by atoms with Gasteiger partial charge >= 0.3 is 0 Å². The number of carbonyl (C=O) groups excluding carboxylic acids is 1. The largest absolute Gasteiger partial charge is 0.494 e. The lowest BCUT2D eigenvalue weighted by atomic mass is 9.96. The first kappa shape index (κ1) is 28.6. The van der Waals surface area contributed by atoms with Crippen molar-refractivity contribution in [2.24, 2.45) is 10.8 Å². The minimum absolute atomic E-state index is 0.176. The predicted octanol–water partition coefficient (Wildman–Crippen LogP) is 5.30. The molecule has 1 aromatic heterocycles. The topological polar surface area (TPSA) is 118 Å². The van der Waals surface area contributed by atoms with Gasteiger partial charge in [0, 0.05) is 5.56 Å². The second kappa shape index (κ2) is 12.2. The van der Waals surface area contributed by atoms with Gasteiger partial charge in [-0.15, -0.1) is 0 Å². The number of ether oxygens (including phenoxy) is 3. The van der Waals surface area contributed by atoms with E-state index in [-0.39, 0.29) is 34.6 Å². The Balaban J connectivity index is 1.90. The highest BCUT2D eigenvalue weighted by Crippen LogP contribution is 2.37. The summed E-state index contributed by atoms with van der Waals surface area (Å²) in [5.41, 5.74) is 8.61. The van der Waals surface area contributed by atoms with Crippen molar-refractivity contribution in [1.82, 2.24) is 9.66 Å². The van der Waals surface area contributed by atoms with E-state index in [9.17, 15) is 9.59 Å². The van der Waals surface area contributed by atoms with Crippen LogP contribution >= 0.6 is 11.6 Å². The van der Waals surface area contributed by atoms with Crippen molar-refractivity contribution in [3.05, 3.63) is 80.6 Å². The molecule has 0 aliphatic rings. The highest BCUT2D eigenvalue weighted by Gasteiger charge is 2.19. The lowest BCUT2D eigenvalue weighted by molar-refractivity contribution is -0.119. The molecule has 0 aliphatic carbocycles. The fourth-order valence-electron chi connectivity index (χ4n) is 4.30. The van der Waals surface area contributed by atoms with Gasteiger partial charge in [-0.25, -0.2) is 4.98 Å². The Bertz CT molecular complexity index is 1660. The second-order valence-corrected chi connectivity index (χ2v) is 9.80. The Morgan fingerprint density at radius 3 is 2.58 bits per heavy atom. The molecule has 0 aliphatic heterocycles. The number of benzene rings is 3. The number of halogens is 1. The molecule has 0 unspecified atom stereocenters. The number of primary amides is 1. The average Bonchev–Trinajstić information content (AvgIpc) is 2.91. The third-order valence-electron chi connectivity index (χ3n) is 6.21. The molecule has 0 fully saturated rings. The van der Waals surface area contributed by atoms with Gasteiger partial charge in [0.2, 0.25) is 0 Å². The number of nitrogens with two attached hydrogens (primary N) is 1. The Morgan fingerprint density at radius 1 is 1.15 bits per heavy atom. The van der Waals surface area contributed by atoms with Gasteiger partial charge in [0.15, 0.2) is 23.9 Å². The molecule has 9 nitrogen and oxygen atoms in total. The molecule has 1 amide bonds. The number of aromatic nitrogens is 2. The van der Waals surface area contributed by atoms with Gasteiger partial charge in [0.05, 0.1) is 35.9 Å². The molecule has 0 spiro atoms. The van der Waals surface area contributed by atoms with Gasteiger partial charge in [0.25, 0.3) is 11.5 Å². The van der Waals surface area contributed by atoms with Crippen LogP contribution in [0, 0.1) is 6.92 Å². The molecule has 0 atom stereocenters. The van der Waals surface area contributed by atoms with Crippen LogP contribution in [-0.4, -0.2) is 42.1 Å². The predicted molar refractivity (Wildman–Crippen MR) is 157 cm³/mol. The lowest BCUT2D eigenvalue weighted by Crippen LogP contribution is -2.21. The van der Waals surface area contributed by atoms with E-state index in [1.807, 2.05) is 32.0 Å². The maximum Gasteiger partial charge on any atom is 0.282 e. The summed E-state index contributed by atoms with van der Waals surface area (Å²) < 4.78 is 18.0. The quantitative estimate of drug-likeness (QED) is 0.262. The number of carbonyl (C=O) groups is 1. The van der Waals surface area contributed by atoms with Crippen molar-refractivity contribution in [3.63, 3.8) is 0 Å². The Kier molecular flexibility index (Phi) is 8.74. The van der Waals surface area contributed by atoms with Crippen LogP contribution in [0.25, 0.3) is 22.3 Å². The molecule has 0 bridgehead atoms. The molecule has 2 N–H and O–H groups in total. The monoisotopic (exact) mass is 562 g/mol. The first-order chi connectivity index (χ1) is 19.1. The minimum Gasteiger partial charge on any atom is -0.494 e. The number of methoxy groups -OCH3 is 1. The van der Waals surface area contributed by atoms with E-state index in [4.69, 9.17) is 36.5 Å². The van der Waals surface area contributed by atoms with Gasteiger partial charge in [-0.2, -0.15) is 9.78 Å². The number of nitrogens with zero attached hydrogens (tertiary/aromatic N) is 3. The van der Waals surface area contributed by atoms with Gasteiger partial charge < -0.3 is 19.9 Å². The first-order valence-corrected chi connectivity index (χ1v) is 13.1. The van der Waals surface area contributed by atoms with Crippen LogP contribution in [0.15, 0.2) is 58.4 Å². The molecule has 4 aromatic rings. The van der Waals surface area contributed by atoms with Crippen LogP contribution in [0.4, 0.5) is 0 Å². The third kappa shape index (κ3) is 5.94. The number of rotatable bonds is 10. The zero-order valence-corrected chi connectivity index (χ0v) is 23.8. The van der Waals surface area contributed by atoms with E-state index in [1.54, 1.807) is 30.3 Å². The lowest BCUT2D eigenvalue weighted by Gasteiger charge is -2.18. The molecule has 0 saturated carbocycles. The molecule has 10 heteroatoms.